The first-order valence-electron chi connectivity index (χ1n) is 7.28. The van der Waals surface area contributed by atoms with Gasteiger partial charge in [0.15, 0.2) is 0 Å². The SMILES string of the molecule is Cc1ccc(-c2cc(C(=O)N3CCCNCC3)on2)cc1. The Morgan fingerprint density at radius 2 is 2.05 bits per heavy atom. The molecule has 110 valence electrons. The number of nitrogens with one attached hydrogen (secondary N) is 1. The van der Waals surface area contributed by atoms with E-state index in [-0.39, 0.29) is 5.91 Å². The van der Waals surface area contributed by atoms with E-state index >= 15 is 0 Å². The Bertz CT molecular complexity index is 611. The van der Waals surface area contributed by atoms with Crippen LogP contribution in [0.5, 0.6) is 0 Å². The molecule has 5 nitrogen and oxygen atoms in total. The fourth-order valence-electron chi connectivity index (χ4n) is 2.44. The second-order valence-electron chi connectivity index (χ2n) is 5.34. The number of amides is 1. The first kappa shape index (κ1) is 13.8. The molecule has 0 saturated carbocycles. The minimum Gasteiger partial charge on any atom is -0.350 e. The molecule has 0 bridgehead atoms. The van der Waals surface area contributed by atoms with Crippen LogP contribution in [0.3, 0.4) is 0 Å². The van der Waals surface area contributed by atoms with E-state index in [1.54, 1.807) is 6.07 Å². The van der Waals surface area contributed by atoms with Gasteiger partial charge < -0.3 is 14.7 Å². The monoisotopic (exact) mass is 285 g/mol. The maximum absolute atomic E-state index is 12.4. The first-order valence-corrected chi connectivity index (χ1v) is 7.28. The van der Waals surface area contributed by atoms with Gasteiger partial charge in [-0.25, -0.2) is 0 Å². The summed E-state index contributed by atoms with van der Waals surface area (Å²) in [5.74, 6) is 0.233. The maximum atomic E-state index is 12.4. The number of hydrogen-bond acceptors (Lipinski definition) is 4. The van der Waals surface area contributed by atoms with Crippen molar-refractivity contribution in [3.8, 4) is 11.3 Å². The van der Waals surface area contributed by atoms with Crippen molar-refractivity contribution in [3.05, 3.63) is 41.7 Å². The number of benzene rings is 1. The molecular weight excluding hydrogens is 266 g/mol. The summed E-state index contributed by atoms with van der Waals surface area (Å²) in [5, 5.41) is 7.30. The molecule has 5 heteroatoms. The summed E-state index contributed by atoms with van der Waals surface area (Å²) >= 11 is 0. The molecule has 21 heavy (non-hydrogen) atoms. The molecule has 1 aromatic carbocycles. The number of aromatic nitrogens is 1. The number of carbonyl (C=O) groups is 1. The van der Waals surface area contributed by atoms with Gasteiger partial charge in [-0.3, -0.25) is 4.79 Å². The molecule has 2 aromatic rings. The van der Waals surface area contributed by atoms with Gasteiger partial charge in [-0.1, -0.05) is 35.0 Å². The highest BCUT2D eigenvalue weighted by molar-refractivity contribution is 5.92. The summed E-state index contributed by atoms with van der Waals surface area (Å²) in [5.41, 5.74) is 2.85. The van der Waals surface area contributed by atoms with Crippen molar-refractivity contribution in [2.75, 3.05) is 26.2 Å². The first-order chi connectivity index (χ1) is 10.2. The molecule has 1 aromatic heterocycles. The lowest BCUT2D eigenvalue weighted by molar-refractivity contribution is 0.0724. The van der Waals surface area contributed by atoms with Crippen LogP contribution in [0.1, 0.15) is 22.5 Å². The zero-order valence-corrected chi connectivity index (χ0v) is 12.1. The molecule has 1 fully saturated rings. The fraction of sp³-hybridized carbons (Fsp3) is 0.375. The average Bonchev–Trinajstić information content (AvgIpc) is 2.83. The molecule has 1 aliphatic heterocycles. The van der Waals surface area contributed by atoms with E-state index in [9.17, 15) is 4.79 Å². The maximum Gasteiger partial charge on any atom is 0.292 e. The van der Waals surface area contributed by atoms with E-state index < -0.39 is 0 Å². The van der Waals surface area contributed by atoms with Gasteiger partial charge in [-0.15, -0.1) is 0 Å². The summed E-state index contributed by atoms with van der Waals surface area (Å²) < 4.78 is 5.24. The van der Waals surface area contributed by atoms with Crippen LogP contribution in [0.4, 0.5) is 0 Å². The van der Waals surface area contributed by atoms with Crippen molar-refractivity contribution in [2.24, 2.45) is 0 Å². The Kier molecular flexibility index (Phi) is 4.01. The number of rotatable bonds is 2. The number of hydrogen-bond donors (Lipinski definition) is 1. The van der Waals surface area contributed by atoms with Crippen molar-refractivity contribution in [1.82, 2.24) is 15.4 Å². The second-order valence-corrected chi connectivity index (χ2v) is 5.34. The van der Waals surface area contributed by atoms with Crippen LogP contribution in [0, 0.1) is 6.92 Å². The normalized spacial score (nSPS) is 15.8. The molecule has 0 aliphatic carbocycles. The van der Waals surface area contributed by atoms with Crippen LogP contribution in [0.15, 0.2) is 34.9 Å². The van der Waals surface area contributed by atoms with Gasteiger partial charge in [-0.2, -0.15) is 0 Å². The van der Waals surface area contributed by atoms with Gasteiger partial charge in [0.05, 0.1) is 0 Å². The van der Waals surface area contributed by atoms with Crippen LogP contribution in [-0.2, 0) is 0 Å². The number of aryl methyl sites for hydroxylation is 1. The molecule has 1 amide bonds. The van der Waals surface area contributed by atoms with Crippen molar-refractivity contribution < 1.29 is 9.32 Å². The second kappa shape index (κ2) is 6.10. The van der Waals surface area contributed by atoms with Crippen LogP contribution >= 0.6 is 0 Å². The summed E-state index contributed by atoms with van der Waals surface area (Å²) in [4.78, 5) is 14.2. The Morgan fingerprint density at radius 1 is 1.24 bits per heavy atom. The highest BCUT2D eigenvalue weighted by Crippen LogP contribution is 2.20. The standard InChI is InChI=1S/C16H19N3O2/c1-12-3-5-13(6-4-12)14-11-15(21-18-14)16(20)19-9-2-7-17-8-10-19/h3-6,11,17H,2,7-10H2,1H3. The minimum atomic E-state index is -0.0791. The van der Waals surface area contributed by atoms with Crippen LogP contribution in [0.2, 0.25) is 0 Å². The molecule has 1 N–H and O–H groups in total. The molecule has 1 saturated heterocycles. The Labute approximate surface area is 123 Å². The van der Waals surface area contributed by atoms with E-state index in [2.05, 4.69) is 10.5 Å². The lowest BCUT2D eigenvalue weighted by atomic mass is 10.1. The molecule has 2 heterocycles. The molecule has 0 unspecified atom stereocenters. The molecule has 0 atom stereocenters. The third-order valence-electron chi connectivity index (χ3n) is 3.70. The number of nitrogens with zero attached hydrogens (tertiary/aromatic N) is 2. The quantitative estimate of drug-likeness (QED) is 0.918. The average molecular weight is 285 g/mol. The van der Waals surface area contributed by atoms with E-state index in [1.165, 1.54) is 5.56 Å². The van der Waals surface area contributed by atoms with Gasteiger partial charge in [0, 0.05) is 31.3 Å². The summed E-state index contributed by atoms with van der Waals surface area (Å²) in [7, 11) is 0. The highest BCUT2D eigenvalue weighted by Gasteiger charge is 2.21. The van der Waals surface area contributed by atoms with Gasteiger partial charge >= 0.3 is 0 Å². The predicted molar refractivity (Wildman–Crippen MR) is 80.1 cm³/mol. The fourth-order valence-corrected chi connectivity index (χ4v) is 2.44. The Hall–Kier alpha value is -2.14. The van der Waals surface area contributed by atoms with Crippen LogP contribution in [0.25, 0.3) is 11.3 Å². The largest absolute Gasteiger partial charge is 0.350 e. The molecule has 0 radical (unpaired) electrons. The van der Waals surface area contributed by atoms with Crippen molar-refractivity contribution in [3.63, 3.8) is 0 Å². The lowest BCUT2D eigenvalue weighted by Gasteiger charge is -2.17. The van der Waals surface area contributed by atoms with Gasteiger partial charge in [0.1, 0.15) is 5.69 Å². The zero-order valence-electron chi connectivity index (χ0n) is 12.1. The van der Waals surface area contributed by atoms with Gasteiger partial charge in [-0.05, 0) is 19.9 Å². The molecule has 1 aliphatic rings. The Morgan fingerprint density at radius 3 is 2.86 bits per heavy atom. The van der Waals surface area contributed by atoms with Gasteiger partial charge in [0.25, 0.3) is 5.91 Å². The van der Waals surface area contributed by atoms with Gasteiger partial charge in [0.2, 0.25) is 5.76 Å². The topological polar surface area (TPSA) is 58.4 Å². The highest BCUT2D eigenvalue weighted by atomic mass is 16.5. The molecule has 0 spiro atoms. The summed E-state index contributed by atoms with van der Waals surface area (Å²) in [6.07, 6.45) is 0.963. The third kappa shape index (κ3) is 3.13. The van der Waals surface area contributed by atoms with Crippen molar-refractivity contribution >= 4 is 5.91 Å². The predicted octanol–water partition coefficient (Wildman–Crippen LogP) is 2.09. The van der Waals surface area contributed by atoms with E-state index in [4.69, 9.17) is 4.52 Å². The van der Waals surface area contributed by atoms with E-state index in [0.29, 0.717) is 18.0 Å². The minimum absolute atomic E-state index is 0.0791. The lowest BCUT2D eigenvalue weighted by Crippen LogP contribution is -2.33. The summed E-state index contributed by atoms with van der Waals surface area (Å²) in [6.45, 7) is 5.28. The van der Waals surface area contributed by atoms with Crippen LogP contribution < -0.4 is 5.32 Å². The van der Waals surface area contributed by atoms with Crippen molar-refractivity contribution in [1.29, 1.82) is 0 Å². The van der Waals surface area contributed by atoms with E-state index in [0.717, 1.165) is 31.6 Å². The summed E-state index contributed by atoms with van der Waals surface area (Å²) in [6, 6.07) is 9.73. The molecule has 3 rings (SSSR count). The smallest absolute Gasteiger partial charge is 0.292 e. The molecular formula is C16H19N3O2. The van der Waals surface area contributed by atoms with E-state index in [1.807, 2.05) is 36.1 Å². The third-order valence-corrected chi connectivity index (χ3v) is 3.70. The Balaban J connectivity index is 1.77. The van der Waals surface area contributed by atoms with Crippen molar-refractivity contribution in [2.45, 2.75) is 13.3 Å². The van der Waals surface area contributed by atoms with Crippen LogP contribution in [-0.4, -0.2) is 42.1 Å². The number of carbonyl (C=O) groups excluding carboxylic acids is 1. The zero-order chi connectivity index (χ0) is 14.7.